The van der Waals surface area contributed by atoms with Crippen LogP contribution in [0.2, 0.25) is 0 Å². The average Bonchev–Trinajstić information content (AvgIpc) is 2.98. The zero-order valence-electron chi connectivity index (χ0n) is 17.0. The third kappa shape index (κ3) is 3.64. The molecule has 1 aliphatic carbocycles. The van der Waals surface area contributed by atoms with Gasteiger partial charge in [0, 0.05) is 25.0 Å². The molecule has 150 valence electrons. The highest BCUT2D eigenvalue weighted by Crippen LogP contribution is 2.36. The molecule has 0 radical (unpaired) electrons. The van der Waals surface area contributed by atoms with Gasteiger partial charge in [-0.1, -0.05) is 12.1 Å². The van der Waals surface area contributed by atoms with Gasteiger partial charge in [0.1, 0.15) is 5.60 Å². The Hall–Kier alpha value is -2.37. The molecule has 0 bridgehead atoms. The first-order valence-corrected chi connectivity index (χ1v) is 10.3. The van der Waals surface area contributed by atoms with Gasteiger partial charge in [-0.2, -0.15) is 0 Å². The first-order chi connectivity index (χ1) is 13.3. The number of carbonyl (C=O) groups excluding carboxylic acids is 2. The zero-order valence-corrected chi connectivity index (χ0v) is 17.0. The number of likely N-dealkylation sites (tertiary alicyclic amines) is 1. The maximum absolute atomic E-state index is 13.3. The van der Waals surface area contributed by atoms with Crippen LogP contribution in [0.5, 0.6) is 0 Å². The van der Waals surface area contributed by atoms with Gasteiger partial charge in [0.15, 0.2) is 5.82 Å². The van der Waals surface area contributed by atoms with E-state index in [-0.39, 0.29) is 17.8 Å². The summed E-state index contributed by atoms with van der Waals surface area (Å²) in [7, 11) is 0. The number of ether oxygens (including phenoxy) is 1. The summed E-state index contributed by atoms with van der Waals surface area (Å²) in [5.74, 6) is 0.628. The van der Waals surface area contributed by atoms with Crippen molar-refractivity contribution in [1.29, 1.82) is 0 Å². The number of imidazole rings is 1. The van der Waals surface area contributed by atoms with E-state index in [9.17, 15) is 9.59 Å². The quantitative estimate of drug-likeness (QED) is 0.727. The summed E-state index contributed by atoms with van der Waals surface area (Å²) in [5.41, 5.74) is 1.45. The van der Waals surface area contributed by atoms with Crippen molar-refractivity contribution < 1.29 is 14.3 Å². The van der Waals surface area contributed by atoms with Gasteiger partial charge in [0.05, 0.1) is 11.0 Å². The van der Waals surface area contributed by atoms with Crippen LogP contribution in [-0.2, 0) is 4.74 Å². The highest BCUT2D eigenvalue weighted by atomic mass is 16.6. The highest BCUT2D eigenvalue weighted by Gasteiger charge is 2.34. The number of Topliss-reactive ketones (excluding diaryl/α,β-unsaturated/α-hetero) is 1. The molecule has 0 N–H and O–H groups in total. The second-order valence-electron chi connectivity index (χ2n) is 8.98. The van der Waals surface area contributed by atoms with Crippen LogP contribution < -0.4 is 0 Å². The maximum atomic E-state index is 13.3. The Balaban J connectivity index is 1.50. The first-order valence-electron chi connectivity index (χ1n) is 10.3. The van der Waals surface area contributed by atoms with E-state index in [1.807, 2.05) is 39.0 Å². The van der Waals surface area contributed by atoms with Crippen molar-refractivity contribution in [2.75, 3.05) is 13.1 Å². The number of amides is 1. The van der Waals surface area contributed by atoms with Gasteiger partial charge in [-0.15, -0.1) is 0 Å². The molecule has 2 fully saturated rings. The van der Waals surface area contributed by atoms with Crippen LogP contribution in [0.15, 0.2) is 24.3 Å². The number of ketones is 1. The molecule has 1 saturated carbocycles. The number of hydrogen-bond donors (Lipinski definition) is 0. The Kier molecular flexibility index (Phi) is 4.89. The molecular weight excluding hydrogens is 354 g/mol. The van der Waals surface area contributed by atoms with E-state index in [4.69, 9.17) is 9.72 Å². The predicted octanol–water partition coefficient (Wildman–Crippen LogP) is 4.59. The van der Waals surface area contributed by atoms with E-state index in [0.717, 1.165) is 23.9 Å². The summed E-state index contributed by atoms with van der Waals surface area (Å²) in [6.07, 6.45) is 4.45. The van der Waals surface area contributed by atoms with Crippen molar-refractivity contribution in [3.63, 3.8) is 0 Å². The number of para-hydroxylation sites is 2. The van der Waals surface area contributed by atoms with Crippen molar-refractivity contribution >= 4 is 22.9 Å². The number of nitrogens with zero attached hydrogens (tertiary/aromatic N) is 3. The maximum Gasteiger partial charge on any atom is 0.410 e. The number of piperidine rings is 1. The summed E-state index contributed by atoms with van der Waals surface area (Å²) in [6.45, 7) is 6.70. The van der Waals surface area contributed by atoms with Crippen LogP contribution in [0.3, 0.4) is 0 Å². The van der Waals surface area contributed by atoms with Gasteiger partial charge in [0.2, 0.25) is 5.78 Å². The first kappa shape index (κ1) is 19.0. The molecule has 1 saturated heterocycles. The van der Waals surface area contributed by atoms with Crippen LogP contribution in [-0.4, -0.2) is 45.0 Å². The monoisotopic (exact) mass is 383 g/mol. The fourth-order valence-electron chi connectivity index (χ4n) is 4.07. The minimum absolute atomic E-state index is 0.0886. The molecule has 0 atom stereocenters. The van der Waals surface area contributed by atoms with Crippen LogP contribution in [0, 0.1) is 5.92 Å². The lowest BCUT2D eigenvalue weighted by Crippen LogP contribution is -2.43. The van der Waals surface area contributed by atoms with E-state index in [1.165, 1.54) is 6.42 Å². The highest BCUT2D eigenvalue weighted by molar-refractivity contribution is 5.98. The van der Waals surface area contributed by atoms with Gasteiger partial charge in [0.25, 0.3) is 0 Å². The Bertz CT molecular complexity index is 884. The van der Waals surface area contributed by atoms with Crippen LogP contribution in [0.25, 0.3) is 11.0 Å². The number of hydrogen-bond acceptors (Lipinski definition) is 4. The third-order valence-corrected chi connectivity index (χ3v) is 5.77. The normalized spacial score (nSPS) is 18.9. The van der Waals surface area contributed by atoms with Crippen LogP contribution in [0.1, 0.15) is 69.5 Å². The topological polar surface area (TPSA) is 64.4 Å². The van der Waals surface area contributed by atoms with Gasteiger partial charge in [-0.3, -0.25) is 4.79 Å². The summed E-state index contributed by atoms with van der Waals surface area (Å²) in [5, 5.41) is 0. The van der Waals surface area contributed by atoms with E-state index in [2.05, 4.69) is 10.6 Å². The molecule has 4 rings (SSSR count). The fraction of sp³-hybridized carbons (Fsp3) is 0.591. The number of aromatic nitrogens is 2. The largest absolute Gasteiger partial charge is 0.444 e. The van der Waals surface area contributed by atoms with E-state index in [0.29, 0.717) is 37.8 Å². The number of fused-ring (bicyclic) bond motifs is 1. The zero-order chi connectivity index (χ0) is 19.9. The second-order valence-corrected chi connectivity index (χ2v) is 8.98. The molecule has 1 aromatic heterocycles. The van der Waals surface area contributed by atoms with Gasteiger partial charge in [-0.25, -0.2) is 9.78 Å². The molecule has 6 nitrogen and oxygen atoms in total. The lowest BCUT2D eigenvalue weighted by atomic mass is 9.90. The van der Waals surface area contributed by atoms with Gasteiger partial charge in [-0.05, 0) is 65.0 Å². The standard InChI is InChI=1S/C22H29N3O3/c1-22(2,3)28-21(27)24-13-11-15(12-14-24)19(26)20-23-17-9-4-5-10-18(17)25(20)16-7-6-8-16/h4-5,9-10,15-16H,6-8,11-14H2,1-3H3. The molecule has 2 aromatic rings. The summed E-state index contributed by atoms with van der Waals surface area (Å²) in [6, 6.07) is 8.39. The number of benzene rings is 1. The molecule has 0 unspecified atom stereocenters. The lowest BCUT2D eigenvalue weighted by molar-refractivity contribution is 0.0181. The van der Waals surface area contributed by atoms with Crippen molar-refractivity contribution in [2.24, 2.45) is 5.92 Å². The molecule has 0 spiro atoms. The van der Waals surface area contributed by atoms with Crippen LogP contribution in [0.4, 0.5) is 4.79 Å². The SMILES string of the molecule is CC(C)(C)OC(=O)N1CCC(C(=O)c2nc3ccccc3n2C2CCC2)CC1. The number of rotatable bonds is 3. The minimum atomic E-state index is -0.503. The van der Waals surface area contributed by atoms with E-state index >= 15 is 0 Å². The molecule has 6 heteroatoms. The van der Waals surface area contributed by atoms with Crippen molar-refractivity contribution in [2.45, 2.75) is 64.5 Å². The lowest BCUT2D eigenvalue weighted by Gasteiger charge is -2.33. The molecule has 1 amide bonds. The van der Waals surface area contributed by atoms with E-state index < -0.39 is 5.60 Å². The fourth-order valence-corrected chi connectivity index (χ4v) is 4.07. The smallest absolute Gasteiger partial charge is 0.410 e. The summed E-state index contributed by atoms with van der Waals surface area (Å²) >= 11 is 0. The Morgan fingerprint density at radius 1 is 1.07 bits per heavy atom. The summed E-state index contributed by atoms with van der Waals surface area (Å²) < 4.78 is 7.62. The molecule has 1 aliphatic heterocycles. The minimum Gasteiger partial charge on any atom is -0.444 e. The summed E-state index contributed by atoms with van der Waals surface area (Å²) in [4.78, 5) is 32.0. The van der Waals surface area contributed by atoms with Crippen molar-refractivity contribution in [1.82, 2.24) is 14.5 Å². The average molecular weight is 383 g/mol. The van der Waals surface area contributed by atoms with Gasteiger partial charge < -0.3 is 14.2 Å². The van der Waals surface area contributed by atoms with E-state index in [1.54, 1.807) is 4.90 Å². The Labute approximate surface area is 165 Å². The predicted molar refractivity (Wildman–Crippen MR) is 107 cm³/mol. The van der Waals surface area contributed by atoms with Crippen molar-refractivity contribution in [3.05, 3.63) is 30.1 Å². The molecule has 28 heavy (non-hydrogen) atoms. The van der Waals surface area contributed by atoms with Crippen LogP contribution >= 0.6 is 0 Å². The Morgan fingerprint density at radius 2 is 1.75 bits per heavy atom. The third-order valence-electron chi connectivity index (χ3n) is 5.77. The molecular formula is C22H29N3O3. The van der Waals surface area contributed by atoms with Crippen molar-refractivity contribution in [3.8, 4) is 0 Å². The second kappa shape index (κ2) is 7.22. The molecule has 2 heterocycles. The number of carbonyl (C=O) groups is 2. The molecule has 1 aromatic carbocycles. The van der Waals surface area contributed by atoms with Gasteiger partial charge >= 0.3 is 6.09 Å². The Morgan fingerprint density at radius 3 is 2.36 bits per heavy atom. The molecule has 2 aliphatic rings.